The van der Waals surface area contributed by atoms with Gasteiger partial charge in [-0.1, -0.05) is 23.7 Å². The molecule has 2 aromatic rings. The zero-order valence-electron chi connectivity index (χ0n) is 12.9. The van der Waals surface area contributed by atoms with Crippen molar-refractivity contribution in [2.75, 3.05) is 0 Å². The third kappa shape index (κ3) is 3.42. The summed E-state index contributed by atoms with van der Waals surface area (Å²) in [5.41, 5.74) is 0.749. The number of hydrogen-bond donors (Lipinski definition) is 1. The van der Waals surface area contributed by atoms with Crippen molar-refractivity contribution in [1.29, 1.82) is 0 Å². The fourth-order valence-corrected chi connectivity index (χ4v) is 2.65. The second-order valence-corrected chi connectivity index (χ2v) is 6.63. The SMILES string of the molecule is CC1(C)CC(=O)c2cc(O)c(OCc3ccc(Cl)cc3)cc2O1. The van der Waals surface area contributed by atoms with E-state index in [4.69, 9.17) is 21.1 Å². The van der Waals surface area contributed by atoms with Gasteiger partial charge >= 0.3 is 0 Å². The first-order chi connectivity index (χ1) is 10.8. The van der Waals surface area contributed by atoms with Crippen molar-refractivity contribution in [3.63, 3.8) is 0 Å². The third-order valence-corrected chi connectivity index (χ3v) is 3.89. The highest BCUT2D eigenvalue weighted by atomic mass is 35.5. The van der Waals surface area contributed by atoms with Crippen LogP contribution in [0.25, 0.3) is 0 Å². The van der Waals surface area contributed by atoms with E-state index in [0.29, 0.717) is 16.3 Å². The van der Waals surface area contributed by atoms with Crippen LogP contribution in [0.3, 0.4) is 0 Å². The van der Waals surface area contributed by atoms with E-state index in [1.807, 2.05) is 26.0 Å². The van der Waals surface area contributed by atoms with Crippen molar-refractivity contribution in [3.8, 4) is 17.2 Å². The fraction of sp³-hybridized carbons (Fsp3) is 0.278. The number of phenolic OH excluding ortho intramolecular Hbond substituents is 1. The maximum atomic E-state index is 12.1. The number of rotatable bonds is 3. The number of aromatic hydroxyl groups is 1. The quantitative estimate of drug-likeness (QED) is 0.906. The van der Waals surface area contributed by atoms with Gasteiger partial charge in [-0.15, -0.1) is 0 Å². The van der Waals surface area contributed by atoms with Crippen LogP contribution in [0.4, 0.5) is 0 Å². The first-order valence-corrected chi connectivity index (χ1v) is 7.68. The van der Waals surface area contributed by atoms with Crippen molar-refractivity contribution >= 4 is 17.4 Å². The minimum absolute atomic E-state index is 0.0456. The Morgan fingerprint density at radius 3 is 2.65 bits per heavy atom. The number of carbonyl (C=O) groups excluding carboxylic acids is 1. The number of phenols is 1. The molecule has 0 amide bonds. The number of benzene rings is 2. The molecule has 120 valence electrons. The molecule has 0 spiro atoms. The normalized spacial score (nSPS) is 15.7. The summed E-state index contributed by atoms with van der Waals surface area (Å²) in [5.74, 6) is 0.601. The number of halogens is 1. The molecule has 0 aromatic heterocycles. The van der Waals surface area contributed by atoms with Gasteiger partial charge in [0.15, 0.2) is 17.3 Å². The molecule has 0 atom stereocenters. The molecule has 0 saturated heterocycles. The first kappa shape index (κ1) is 15.7. The van der Waals surface area contributed by atoms with Gasteiger partial charge in [0.1, 0.15) is 18.0 Å². The van der Waals surface area contributed by atoms with Crippen LogP contribution >= 0.6 is 11.6 Å². The van der Waals surface area contributed by atoms with Crippen LogP contribution < -0.4 is 9.47 Å². The molecule has 1 aliphatic heterocycles. The molecule has 23 heavy (non-hydrogen) atoms. The Balaban J connectivity index is 1.83. The lowest BCUT2D eigenvalue weighted by atomic mass is 9.93. The Hall–Kier alpha value is -2.20. The van der Waals surface area contributed by atoms with E-state index in [9.17, 15) is 9.90 Å². The smallest absolute Gasteiger partial charge is 0.170 e. The van der Waals surface area contributed by atoms with Crippen molar-refractivity contribution in [3.05, 3.63) is 52.5 Å². The number of ether oxygens (including phenoxy) is 2. The highest BCUT2D eigenvalue weighted by Crippen LogP contribution is 2.40. The summed E-state index contributed by atoms with van der Waals surface area (Å²) < 4.78 is 11.5. The van der Waals surface area contributed by atoms with E-state index in [-0.39, 0.29) is 30.3 Å². The molecule has 1 heterocycles. The topological polar surface area (TPSA) is 55.8 Å². The molecule has 3 rings (SSSR count). The number of Topliss-reactive ketones (excluding diaryl/α,β-unsaturated/α-hetero) is 1. The highest BCUT2D eigenvalue weighted by molar-refractivity contribution is 6.30. The van der Waals surface area contributed by atoms with E-state index >= 15 is 0 Å². The molecule has 5 heteroatoms. The largest absolute Gasteiger partial charge is 0.504 e. The first-order valence-electron chi connectivity index (χ1n) is 7.30. The average molecular weight is 333 g/mol. The standard InChI is InChI=1S/C18H17ClO4/c1-18(2)9-15(21)13-7-14(20)17(8-16(13)23-18)22-10-11-3-5-12(19)6-4-11/h3-8,20H,9-10H2,1-2H3. The van der Waals surface area contributed by atoms with Crippen LogP contribution in [0.2, 0.25) is 5.02 Å². The van der Waals surface area contributed by atoms with Gasteiger partial charge in [-0.2, -0.15) is 0 Å². The van der Waals surface area contributed by atoms with Crippen LogP contribution in [0.1, 0.15) is 36.2 Å². The van der Waals surface area contributed by atoms with Gasteiger partial charge in [0, 0.05) is 11.1 Å². The van der Waals surface area contributed by atoms with Crippen molar-refractivity contribution in [2.45, 2.75) is 32.5 Å². The van der Waals surface area contributed by atoms with Crippen molar-refractivity contribution in [1.82, 2.24) is 0 Å². The summed E-state index contributed by atoms with van der Waals surface area (Å²) in [4.78, 5) is 12.1. The molecular formula is C18H17ClO4. The predicted molar refractivity (Wildman–Crippen MR) is 87.5 cm³/mol. The second-order valence-electron chi connectivity index (χ2n) is 6.19. The van der Waals surface area contributed by atoms with E-state index in [0.717, 1.165) is 5.56 Å². The molecule has 0 saturated carbocycles. The maximum absolute atomic E-state index is 12.1. The Labute approximate surface area is 139 Å². The monoisotopic (exact) mass is 332 g/mol. The number of fused-ring (bicyclic) bond motifs is 1. The minimum Gasteiger partial charge on any atom is -0.504 e. The second kappa shape index (κ2) is 5.78. The highest BCUT2D eigenvalue weighted by Gasteiger charge is 2.33. The molecule has 0 radical (unpaired) electrons. The summed E-state index contributed by atoms with van der Waals surface area (Å²) in [5, 5.41) is 10.7. The van der Waals surface area contributed by atoms with E-state index in [2.05, 4.69) is 0 Å². The number of ketones is 1. The Kier molecular flexibility index (Phi) is 3.94. The minimum atomic E-state index is -0.561. The summed E-state index contributed by atoms with van der Waals surface area (Å²) in [6, 6.07) is 10.2. The van der Waals surface area contributed by atoms with Crippen molar-refractivity contribution < 1.29 is 19.4 Å². The van der Waals surface area contributed by atoms with Gasteiger partial charge in [0.05, 0.1) is 12.0 Å². The number of hydrogen-bond acceptors (Lipinski definition) is 4. The predicted octanol–water partition coefficient (Wildman–Crippen LogP) is 4.37. The fourth-order valence-electron chi connectivity index (χ4n) is 2.53. The summed E-state index contributed by atoms with van der Waals surface area (Å²) >= 11 is 5.84. The zero-order valence-corrected chi connectivity index (χ0v) is 13.7. The van der Waals surface area contributed by atoms with Crippen molar-refractivity contribution in [2.24, 2.45) is 0 Å². The molecule has 0 aliphatic carbocycles. The van der Waals surface area contributed by atoms with E-state index in [1.54, 1.807) is 18.2 Å². The van der Waals surface area contributed by atoms with Gasteiger partial charge in [-0.3, -0.25) is 4.79 Å². The molecular weight excluding hydrogens is 316 g/mol. The molecule has 0 fully saturated rings. The molecule has 2 aromatic carbocycles. The van der Waals surface area contributed by atoms with E-state index < -0.39 is 5.60 Å². The Morgan fingerprint density at radius 2 is 1.96 bits per heavy atom. The van der Waals surface area contributed by atoms with Crippen LogP contribution in [0.5, 0.6) is 17.2 Å². The average Bonchev–Trinajstić information content (AvgIpc) is 2.47. The van der Waals surface area contributed by atoms with Crippen LogP contribution in [-0.4, -0.2) is 16.5 Å². The third-order valence-electron chi connectivity index (χ3n) is 3.64. The van der Waals surface area contributed by atoms with Gasteiger partial charge < -0.3 is 14.6 Å². The molecule has 0 unspecified atom stereocenters. The van der Waals surface area contributed by atoms with Gasteiger partial charge in [-0.25, -0.2) is 0 Å². The van der Waals surface area contributed by atoms with Crippen LogP contribution in [0, 0.1) is 0 Å². The van der Waals surface area contributed by atoms with Gasteiger partial charge in [-0.05, 0) is 37.6 Å². The lowest BCUT2D eigenvalue weighted by Gasteiger charge is -2.31. The number of carbonyl (C=O) groups is 1. The van der Waals surface area contributed by atoms with Crippen LogP contribution in [0.15, 0.2) is 36.4 Å². The summed E-state index contributed by atoms with van der Waals surface area (Å²) in [6.45, 7) is 3.99. The lowest BCUT2D eigenvalue weighted by molar-refractivity contribution is 0.0616. The molecule has 1 N–H and O–H groups in total. The van der Waals surface area contributed by atoms with E-state index in [1.165, 1.54) is 6.07 Å². The summed E-state index contributed by atoms with van der Waals surface area (Å²) in [7, 11) is 0. The molecule has 0 bridgehead atoms. The Morgan fingerprint density at radius 1 is 1.26 bits per heavy atom. The molecule has 4 nitrogen and oxygen atoms in total. The lowest BCUT2D eigenvalue weighted by Crippen LogP contribution is -2.35. The maximum Gasteiger partial charge on any atom is 0.170 e. The Bertz CT molecular complexity index is 750. The van der Waals surface area contributed by atoms with Gasteiger partial charge in [0.25, 0.3) is 0 Å². The van der Waals surface area contributed by atoms with Crippen LogP contribution in [-0.2, 0) is 6.61 Å². The summed E-state index contributed by atoms with van der Waals surface area (Å²) in [6.07, 6.45) is 0.282. The van der Waals surface area contributed by atoms with Gasteiger partial charge in [0.2, 0.25) is 0 Å². The molecule has 1 aliphatic rings. The zero-order chi connectivity index (χ0) is 16.6.